The van der Waals surface area contributed by atoms with Crippen LogP contribution in [0.3, 0.4) is 0 Å². The standard InChI is InChI=1S/C13H14O4/c1-2-3-4-8-7-11(15)17-13-9(8)5-6-10(14)12(13)16/h5-7,14,16H,2-4H2,1H3. The lowest BCUT2D eigenvalue weighted by atomic mass is 10.0. The van der Waals surface area contributed by atoms with Crippen LogP contribution in [0.2, 0.25) is 0 Å². The molecule has 0 bridgehead atoms. The Morgan fingerprint density at radius 1 is 1.29 bits per heavy atom. The first-order valence-electron chi connectivity index (χ1n) is 5.61. The Kier molecular flexibility index (Phi) is 3.04. The normalized spacial score (nSPS) is 10.9. The van der Waals surface area contributed by atoms with Gasteiger partial charge in [0.05, 0.1) is 0 Å². The van der Waals surface area contributed by atoms with Crippen molar-refractivity contribution in [3.63, 3.8) is 0 Å². The van der Waals surface area contributed by atoms with Gasteiger partial charge in [-0.15, -0.1) is 0 Å². The van der Waals surface area contributed by atoms with Gasteiger partial charge in [-0.25, -0.2) is 4.79 Å². The molecule has 0 atom stereocenters. The average molecular weight is 234 g/mol. The summed E-state index contributed by atoms with van der Waals surface area (Å²) in [5.41, 5.74) is 0.390. The van der Waals surface area contributed by atoms with E-state index < -0.39 is 5.63 Å². The Morgan fingerprint density at radius 2 is 2.06 bits per heavy atom. The van der Waals surface area contributed by atoms with E-state index in [9.17, 15) is 15.0 Å². The molecule has 4 heteroatoms. The number of fused-ring (bicyclic) bond motifs is 1. The number of hydrogen-bond donors (Lipinski definition) is 2. The number of unbranched alkanes of at least 4 members (excludes halogenated alkanes) is 1. The van der Waals surface area contributed by atoms with Gasteiger partial charge in [-0.2, -0.15) is 0 Å². The van der Waals surface area contributed by atoms with Crippen LogP contribution >= 0.6 is 0 Å². The first-order chi connectivity index (χ1) is 8.13. The first-order valence-corrected chi connectivity index (χ1v) is 5.61. The van der Waals surface area contributed by atoms with Gasteiger partial charge in [0, 0.05) is 11.5 Å². The molecule has 90 valence electrons. The lowest BCUT2D eigenvalue weighted by Gasteiger charge is -2.06. The number of aryl methyl sites for hydroxylation is 1. The SMILES string of the molecule is CCCCc1cc(=O)oc2c(O)c(O)ccc12. The van der Waals surface area contributed by atoms with Gasteiger partial charge in [0.1, 0.15) is 0 Å². The molecule has 2 aromatic rings. The summed E-state index contributed by atoms with van der Waals surface area (Å²) in [4.78, 5) is 11.4. The molecule has 1 aromatic heterocycles. The van der Waals surface area contributed by atoms with Gasteiger partial charge in [0.2, 0.25) is 5.75 Å². The van der Waals surface area contributed by atoms with Crippen molar-refractivity contribution in [1.29, 1.82) is 0 Å². The Bertz CT molecular complexity index is 598. The Balaban J connectivity index is 2.68. The molecule has 2 N–H and O–H groups in total. The smallest absolute Gasteiger partial charge is 0.336 e. The molecule has 0 aliphatic heterocycles. The molecule has 0 saturated carbocycles. The topological polar surface area (TPSA) is 70.7 Å². The van der Waals surface area contributed by atoms with Crippen LogP contribution in [0.4, 0.5) is 0 Å². The van der Waals surface area contributed by atoms with E-state index in [4.69, 9.17) is 4.42 Å². The molecule has 0 fully saturated rings. The molecule has 0 radical (unpaired) electrons. The van der Waals surface area contributed by atoms with Crippen molar-refractivity contribution in [1.82, 2.24) is 0 Å². The third-order valence-electron chi connectivity index (χ3n) is 2.75. The van der Waals surface area contributed by atoms with Crippen molar-refractivity contribution in [2.45, 2.75) is 26.2 Å². The van der Waals surface area contributed by atoms with Crippen molar-refractivity contribution in [3.05, 3.63) is 34.2 Å². The molecule has 1 heterocycles. The van der Waals surface area contributed by atoms with Crippen LogP contribution in [0.25, 0.3) is 11.0 Å². The predicted molar refractivity (Wildman–Crippen MR) is 64.4 cm³/mol. The van der Waals surface area contributed by atoms with Gasteiger partial charge < -0.3 is 14.6 Å². The fourth-order valence-corrected chi connectivity index (χ4v) is 1.84. The molecular weight excluding hydrogens is 220 g/mol. The summed E-state index contributed by atoms with van der Waals surface area (Å²) in [5, 5.41) is 19.7. The molecule has 2 rings (SSSR count). The second-order valence-corrected chi connectivity index (χ2v) is 4.00. The molecular formula is C13H14O4. The molecule has 1 aromatic carbocycles. The highest BCUT2D eigenvalue weighted by Gasteiger charge is 2.12. The van der Waals surface area contributed by atoms with E-state index >= 15 is 0 Å². The van der Waals surface area contributed by atoms with E-state index in [0.29, 0.717) is 5.39 Å². The van der Waals surface area contributed by atoms with Crippen molar-refractivity contribution < 1.29 is 14.6 Å². The second kappa shape index (κ2) is 4.49. The number of hydrogen-bond acceptors (Lipinski definition) is 4. The molecule has 0 saturated heterocycles. The van der Waals surface area contributed by atoms with E-state index in [1.54, 1.807) is 6.07 Å². The zero-order valence-corrected chi connectivity index (χ0v) is 9.56. The van der Waals surface area contributed by atoms with Gasteiger partial charge in [-0.3, -0.25) is 0 Å². The first kappa shape index (κ1) is 11.5. The third-order valence-corrected chi connectivity index (χ3v) is 2.75. The lowest BCUT2D eigenvalue weighted by molar-refractivity contribution is 0.397. The second-order valence-electron chi connectivity index (χ2n) is 4.00. The summed E-state index contributed by atoms with van der Waals surface area (Å²) >= 11 is 0. The maximum Gasteiger partial charge on any atom is 0.336 e. The van der Waals surface area contributed by atoms with Crippen LogP contribution < -0.4 is 5.63 Å². The minimum Gasteiger partial charge on any atom is -0.504 e. The van der Waals surface area contributed by atoms with E-state index in [-0.39, 0.29) is 17.1 Å². The average Bonchev–Trinajstić information content (AvgIpc) is 2.31. The van der Waals surface area contributed by atoms with Crippen LogP contribution in [-0.4, -0.2) is 10.2 Å². The molecule has 17 heavy (non-hydrogen) atoms. The van der Waals surface area contributed by atoms with Crippen molar-refractivity contribution in [2.24, 2.45) is 0 Å². The zero-order valence-electron chi connectivity index (χ0n) is 9.56. The minimum absolute atomic E-state index is 0.0589. The van der Waals surface area contributed by atoms with E-state index in [2.05, 4.69) is 6.92 Å². The van der Waals surface area contributed by atoms with Gasteiger partial charge in [0.25, 0.3) is 0 Å². The quantitative estimate of drug-likeness (QED) is 0.632. The number of rotatable bonds is 3. The van der Waals surface area contributed by atoms with Crippen LogP contribution in [0, 0.1) is 0 Å². The number of phenols is 2. The summed E-state index contributed by atoms with van der Waals surface area (Å²) < 4.78 is 4.93. The minimum atomic E-state index is -0.510. The van der Waals surface area contributed by atoms with Crippen molar-refractivity contribution in [3.8, 4) is 11.5 Å². The highest BCUT2D eigenvalue weighted by Crippen LogP contribution is 2.34. The number of aromatic hydroxyl groups is 2. The maximum atomic E-state index is 11.4. The predicted octanol–water partition coefficient (Wildman–Crippen LogP) is 2.55. The van der Waals surface area contributed by atoms with Crippen molar-refractivity contribution in [2.75, 3.05) is 0 Å². The van der Waals surface area contributed by atoms with Gasteiger partial charge >= 0.3 is 5.63 Å². The molecule has 4 nitrogen and oxygen atoms in total. The molecule has 0 spiro atoms. The number of benzene rings is 1. The van der Waals surface area contributed by atoms with Gasteiger partial charge in [0.15, 0.2) is 11.3 Å². The maximum absolute atomic E-state index is 11.4. The number of phenolic OH excluding ortho intramolecular Hbond substituents is 2. The summed E-state index contributed by atoms with van der Waals surface area (Å²) in [5.74, 6) is -0.661. The third kappa shape index (κ3) is 2.11. The Morgan fingerprint density at radius 3 is 2.76 bits per heavy atom. The van der Waals surface area contributed by atoms with E-state index in [1.165, 1.54) is 12.1 Å². The van der Waals surface area contributed by atoms with Crippen LogP contribution in [0.1, 0.15) is 25.3 Å². The van der Waals surface area contributed by atoms with E-state index in [1.807, 2.05) is 0 Å². The van der Waals surface area contributed by atoms with Crippen LogP contribution in [0.5, 0.6) is 11.5 Å². The highest BCUT2D eigenvalue weighted by molar-refractivity contribution is 5.87. The molecule has 0 amide bonds. The summed E-state index contributed by atoms with van der Waals surface area (Å²) in [7, 11) is 0. The largest absolute Gasteiger partial charge is 0.504 e. The highest BCUT2D eigenvalue weighted by atomic mass is 16.4. The lowest BCUT2D eigenvalue weighted by Crippen LogP contribution is -2.00. The van der Waals surface area contributed by atoms with Crippen LogP contribution in [-0.2, 0) is 6.42 Å². The van der Waals surface area contributed by atoms with E-state index in [0.717, 1.165) is 24.8 Å². The molecule has 0 aliphatic carbocycles. The summed E-state index contributed by atoms with van der Waals surface area (Å²) in [6, 6.07) is 4.49. The monoisotopic (exact) mass is 234 g/mol. The van der Waals surface area contributed by atoms with Crippen molar-refractivity contribution >= 4 is 11.0 Å². The van der Waals surface area contributed by atoms with Crippen LogP contribution in [0.15, 0.2) is 27.4 Å². The Labute approximate surface area is 98.1 Å². The zero-order chi connectivity index (χ0) is 12.4. The summed E-state index contributed by atoms with van der Waals surface area (Å²) in [6.07, 6.45) is 2.73. The molecule has 0 aliphatic rings. The molecule has 0 unspecified atom stereocenters. The fraction of sp³-hybridized carbons (Fsp3) is 0.308. The Hall–Kier alpha value is -1.97. The fourth-order valence-electron chi connectivity index (χ4n) is 1.84. The van der Waals surface area contributed by atoms with Gasteiger partial charge in [-0.05, 0) is 30.5 Å². The van der Waals surface area contributed by atoms with Gasteiger partial charge in [-0.1, -0.05) is 13.3 Å². The summed E-state index contributed by atoms with van der Waals surface area (Å²) in [6.45, 7) is 2.07.